The summed E-state index contributed by atoms with van der Waals surface area (Å²) in [6, 6.07) is 3.77. The predicted molar refractivity (Wildman–Crippen MR) is 67.1 cm³/mol. The highest BCUT2D eigenvalue weighted by Crippen LogP contribution is 2.26. The molecule has 2 atom stereocenters. The van der Waals surface area contributed by atoms with Crippen LogP contribution in [0.4, 0.5) is 4.39 Å². The molecule has 98 valence electrons. The van der Waals surface area contributed by atoms with Crippen molar-refractivity contribution in [3.05, 3.63) is 34.6 Å². The second-order valence-corrected chi connectivity index (χ2v) is 5.05. The molecule has 0 radical (unpaired) electrons. The average molecular weight is 272 g/mol. The molecule has 1 amide bonds. The van der Waals surface area contributed by atoms with Gasteiger partial charge in [0.15, 0.2) is 0 Å². The summed E-state index contributed by atoms with van der Waals surface area (Å²) in [6.07, 6.45) is 0.867. The van der Waals surface area contributed by atoms with E-state index in [2.05, 4.69) is 0 Å². The summed E-state index contributed by atoms with van der Waals surface area (Å²) in [5.74, 6) is -0.475. The zero-order valence-electron chi connectivity index (χ0n) is 10.1. The van der Waals surface area contributed by atoms with Gasteiger partial charge in [0.25, 0.3) is 5.91 Å². The summed E-state index contributed by atoms with van der Waals surface area (Å²) in [6.45, 7) is 2.56. The number of carbonyl (C=O) groups is 1. The number of rotatable bonds is 2. The van der Waals surface area contributed by atoms with E-state index in [1.54, 1.807) is 4.90 Å². The lowest BCUT2D eigenvalue weighted by Crippen LogP contribution is -2.39. The summed E-state index contributed by atoms with van der Waals surface area (Å²) in [5.41, 5.74) is 0.356. The van der Waals surface area contributed by atoms with Gasteiger partial charge in [0.05, 0.1) is 17.7 Å². The molecule has 1 fully saturated rings. The van der Waals surface area contributed by atoms with Gasteiger partial charge < -0.3 is 10.0 Å². The van der Waals surface area contributed by atoms with Crippen LogP contribution < -0.4 is 0 Å². The molecule has 1 aromatic rings. The van der Waals surface area contributed by atoms with E-state index in [1.165, 1.54) is 18.2 Å². The number of hydrogen-bond acceptors (Lipinski definition) is 2. The van der Waals surface area contributed by atoms with E-state index in [9.17, 15) is 14.3 Å². The Balaban J connectivity index is 2.23. The maximum absolute atomic E-state index is 13.0. The molecule has 0 saturated carbocycles. The van der Waals surface area contributed by atoms with E-state index in [0.29, 0.717) is 12.1 Å². The number of aliphatic hydroxyl groups is 1. The van der Waals surface area contributed by atoms with Gasteiger partial charge in [-0.1, -0.05) is 18.5 Å². The number of hydrogen-bond donors (Lipinski definition) is 1. The third-order valence-corrected chi connectivity index (χ3v) is 3.79. The molecule has 0 spiro atoms. The number of nitrogens with zero attached hydrogens (tertiary/aromatic N) is 1. The van der Waals surface area contributed by atoms with Crippen molar-refractivity contribution in [1.29, 1.82) is 0 Å². The van der Waals surface area contributed by atoms with Crippen LogP contribution in [0.25, 0.3) is 0 Å². The smallest absolute Gasteiger partial charge is 0.254 e. The minimum Gasteiger partial charge on any atom is -0.394 e. The monoisotopic (exact) mass is 271 g/mol. The summed E-state index contributed by atoms with van der Waals surface area (Å²) >= 11 is 5.67. The van der Waals surface area contributed by atoms with Crippen molar-refractivity contribution in [2.45, 2.75) is 19.4 Å². The molecule has 1 N–H and O–H groups in total. The molecule has 0 aliphatic carbocycles. The highest BCUT2D eigenvalue weighted by molar-refractivity contribution is 6.31. The Hall–Kier alpha value is -1.13. The Labute approximate surface area is 110 Å². The van der Waals surface area contributed by atoms with Gasteiger partial charge in [-0.15, -0.1) is 0 Å². The van der Waals surface area contributed by atoms with E-state index in [-0.39, 0.29) is 29.5 Å². The molecule has 0 aromatic heterocycles. The van der Waals surface area contributed by atoms with Gasteiger partial charge >= 0.3 is 0 Å². The van der Waals surface area contributed by atoms with Crippen LogP contribution in [0.1, 0.15) is 23.7 Å². The fourth-order valence-electron chi connectivity index (χ4n) is 2.33. The van der Waals surface area contributed by atoms with Crippen molar-refractivity contribution in [1.82, 2.24) is 4.90 Å². The van der Waals surface area contributed by atoms with Crippen LogP contribution in [-0.2, 0) is 0 Å². The van der Waals surface area contributed by atoms with E-state index >= 15 is 0 Å². The van der Waals surface area contributed by atoms with E-state index in [1.807, 2.05) is 6.92 Å². The summed E-state index contributed by atoms with van der Waals surface area (Å²) < 4.78 is 13.0. The van der Waals surface area contributed by atoms with Gasteiger partial charge in [-0.3, -0.25) is 4.79 Å². The molecule has 1 saturated heterocycles. The number of carbonyl (C=O) groups excluding carboxylic acids is 1. The average Bonchev–Trinajstić information content (AvgIpc) is 2.73. The highest BCUT2D eigenvalue weighted by Gasteiger charge is 2.34. The van der Waals surface area contributed by atoms with E-state index in [4.69, 9.17) is 11.6 Å². The number of benzene rings is 1. The van der Waals surface area contributed by atoms with Crippen molar-refractivity contribution in [3.63, 3.8) is 0 Å². The molecular formula is C13H15ClFNO2. The fourth-order valence-corrected chi connectivity index (χ4v) is 2.51. The van der Waals surface area contributed by atoms with Crippen LogP contribution in [-0.4, -0.2) is 35.1 Å². The van der Waals surface area contributed by atoms with Crippen molar-refractivity contribution in [3.8, 4) is 0 Å². The fraction of sp³-hybridized carbons (Fsp3) is 0.462. The Morgan fingerprint density at radius 3 is 2.94 bits per heavy atom. The van der Waals surface area contributed by atoms with Gasteiger partial charge in [0, 0.05) is 12.1 Å². The maximum Gasteiger partial charge on any atom is 0.254 e. The normalized spacial score (nSPS) is 23.4. The molecular weight excluding hydrogens is 257 g/mol. The predicted octanol–water partition coefficient (Wildman–Crippen LogP) is 2.32. The summed E-state index contributed by atoms with van der Waals surface area (Å²) in [7, 11) is 0. The van der Waals surface area contributed by atoms with Crippen molar-refractivity contribution in [2.75, 3.05) is 13.2 Å². The first kappa shape index (κ1) is 13.3. The molecule has 18 heavy (non-hydrogen) atoms. The van der Waals surface area contributed by atoms with Crippen LogP contribution in [0.3, 0.4) is 0 Å². The molecule has 0 bridgehead atoms. The van der Waals surface area contributed by atoms with Gasteiger partial charge in [-0.25, -0.2) is 4.39 Å². The van der Waals surface area contributed by atoms with E-state index < -0.39 is 5.82 Å². The topological polar surface area (TPSA) is 40.5 Å². The molecule has 2 unspecified atom stereocenters. The van der Waals surface area contributed by atoms with Gasteiger partial charge in [-0.05, 0) is 30.5 Å². The summed E-state index contributed by atoms with van der Waals surface area (Å²) in [5, 5.41) is 9.26. The number of likely N-dealkylation sites (tertiary alicyclic amines) is 1. The minimum absolute atomic E-state index is 0.0537. The quantitative estimate of drug-likeness (QED) is 0.897. The van der Waals surface area contributed by atoms with E-state index in [0.717, 1.165) is 6.42 Å². The van der Waals surface area contributed by atoms with Crippen molar-refractivity contribution < 1.29 is 14.3 Å². The second-order valence-electron chi connectivity index (χ2n) is 4.64. The van der Waals surface area contributed by atoms with Crippen LogP contribution in [0, 0.1) is 11.7 Å². The van der Waals surface area contributed by atoms with Crippen LogP contribution in [0.15, 0.2) is 18.2 Å². The molecule has 1 aliphatic rings. The van der Waals surface area contributed by atoms with Gasteiger partial charge in [-0.2, -0.15) is 0 Å². The van der Waals surface area contributed by atoms with Gasteiger partial charge in [0.2, 0.25) is 0 Å². The second kappa shape index (κ2) is 5.24. The standard InChI is InChI=1S/C13H15ClFNO2/c1-8-4-5-16(12(8)7-17)13(18)9-2-3-11(15)10(14)6-9/h2-3,6,8,12,17H,4-5,7H2,1H3. The first-order chi connectivity index (χ1) is 8.54. The van der Waals surface area contributed by atoms with Crippen LogP contribution in [0.5, 0.6) is 0 Å². The first-order valence-corrected chi connectivity index (χ1v) is 6.29. The SMILES string of the molecule is CC1CCN(C(=O)c2ccc(F)c(Cl)c2)C1CO. The highest BCUT2D eigenvalue weighted by atomic mass is 35.5. The summed E-state index contributed by atoms with van der Waals surface area (Å²) in [4.78, 5) is 13.9. The maximum atomic E-state index is 13.0. The number of amides is 1. The van der Waals surface area contributed by atoms with Crippen LogP contribution in [0.2, 0.25) is 5.02 Å². The number of halogens is 2. The zero-order valence-corrected chi connectivity index (χ0v) is 10.8. The van der Waals surface area contributed by atoms with Crippen LogP contribution >= 0.6 is 11.6 Å². The lowest BCUT2D eigenvalue weighted by atomic mass is 10.0. The minimum atomic E-state index is -0.540. The molecule has 2 rings (SSSR count). The van der Waals surface area contributed by atoms with Crippen molar-refractivity contribution >= 4 is 17.5 Å². The Bertz CT molecular complexity index is 466. The third kappa shape index (κ3) is 2.35. The third-order valence-electron chi connectivity index (χ3n) is 3.50. The van der Waals surface area contributed by atoms with Crippen molar-refractivity contribution in [2.24, 2.45) is 5.92 Å². The molecule has 1 aromatic carbocycles. The lowest BCUT2D eigenvalue weighted by Gasteiger charge is -2.25. The molecule has 3 nitrogen and oxygen atoms in total. The molecule has 1 aliphatic heterocycles. The Morgan fingerprint density at radius 2 is 2.33 bits per heavy atom. The zero-order chi connectivity index (χ0) is 13.3. The largest absolute Gasteiger partial charge is 0.394 e. The first-order valence-electron chi connectivity index (χ1n) is 5.91. The lowest BCUT2D eigenvalue weighted by molar-refractivity contribution is 0.0648. The Morgan fingerprint density at radius 1 is 1.61 bits per heavy atom. The number of aliphatic hydroxyl groups excluding tert-OH is 1. The molecule has 5 heteroatoms. The Kier molecular flexibility index (Phi) is 3.88. The molecule has 1 heterocycles. The van der Waals surface area contributed by atoms with Gasteiger partial charge in [0.1, 0.15) is 5.82 Å².